The molecule has 0 saturated heterocycles. The number of ether oxygens (including phenoxy) is 1. The van der Waals surface area contributed by atoms with Crippen molar-refractivity contribution in [3.8, 4) is 0 Å². The highest BCUT2D eigenvalue weighted by molar-refractivity contribution is 7.59. The largest absolute Gasteiger partial charge is 0.469 e. The summed E-state index contributed by atoms with van der Waals surface area (Å²) >= 11 is 0. The van der Waals surface area contributed by atoms with Crippen molar-refractivity contribution in [3.63, 3.8) is 0 Å². The minimum atomic E-state index is -3.43. The van der Waals surface area contributed by atoms with Crippen molar-refractivity contribution in [2.45, 2.75) is 224 Å². The van der Waals surface area contributed by atoms with Crippen LogP contribution in [0.1, 0.15) is 207 Å². The highest BCUT2D eigenvalue weighted by Gasteiger charge is 2.39. The topological polar surface area (TPSA) is 82.1 Å². The Labute approximate surface area is 280 Å². The van der Waals surface area contributed by atoms with E-state index in [0.717, 1.165) is 96.3 Å². The maximum absolute atomic E-state index is 14.6. The number of rotatable bonds is 35. The minimum Gasteiger partial charge on any atom is -0.469 e. The van der Waals surface area contributed by atoms with Crippen LogP contribution < -0.4 is 0 Å². The molecule has 7 heteroatoms. The Morgan fingerprint density at radius 2 is 0.933 bits per heavy atom. The molecule has 0 aliphatic rings. The van der Waals surface area contributed by atoms with Gasteiger partial charge in [-0.15, -0.1) is 0 Å². The first-order chi connectivity index (χ1) is 21.9. The highest BCUT2D eigenvalue weighted by Crippen LogP contribution is 2.58. The molecule has 0 bridgehead atoms. The molecule has 0 saturated carbocycles. The van der Waals surface area contributed by atoms with E-state index in [4.69, 9.17) is 14.5 Å². The number of unbranched alkanes of at least 4 members (excludes halogenated alkanes) is 19. The Bertz CT molecular complexity index is 687. The summed E-state index contributed by atoms with van der Waals surface area (Å²) in [5.41, 5.74) is -0.344. The van der Waals surface area contributed by atoms with Crippen molar-refractivity contribution >= 4 is 13.3 Å². The Morgan fingerprint density at radius 3 is 1.38 bits per heavy atom. The Hall–Kier alpha value is -0.420. The van der Waals surface area contributed by atoms with Crippen LogP contribution in [0.2, 0.25) is 0 Å². The van der Waals surface area contributed by atoms with Gasteiger partial charge in [0.2, 0.25) is 7.37 Å². The molecule has 0 rings (SSSR count). The molecule has 4 atom stereocenters. The van der Waals surface area contributed by atoms with Gasteiger partial charge in [0.1, 0.15) is 0 Å². The molecule has 0 heterocycles. The van der Waals surface area contributed by atoms with Crippen LogP contribution in [0, 0.1) is 0 Å². The Balaban J connectivity index is 5.43. The summed E-state index contributed by atoms with van der Waals surface area (Å²) in [5.74, 6) is -0.128. The lowest BCUT2D eigenvalue weighted by Crippen LogP contribution is -2.26. The molecular formula is C38H77O6P. The fourth-order valence-electron chi connectivity index (χ4n) is 6.67. The first-order valence-corrected chi connectivity index (χ1v) is 21.2. The Morgan fingerprint density at radius 1 is 0.556 bits per heavy atom. The van der Waals surface area contributed by atoms with E-state index in [-0.39, 0.29) is 23.4 Å². The van der Waals surface area contributed by atoms with Crippen molar-refractivity contribution in [1.29, 1.82) is 0 Å². The fourth-order valence-corrected chi connectivity index (χ4v) is 9.46. The van der Waals surface area contributed by atoms with Crippen molar-refractivity contribution in [3.05, 3.63) is 0 Å². The average Bonchev–Trinajstić information content (AvgIpc) is 3.03. The van der Waals surface area contributed by atoms with Gasteiger partial charge in [0.15, 0.2) is 0 Å². The molecule has 0 aliphatic carbocycles. The summed E-state index contributed by atoms with van der Waals surface area (Å²) in [6.07, 6.45) is 31.0. The number of hydrogen-bond acceptors (Lipinski definition) is 5. The highest BCUT2D eigenvalue weighted by atomic mass is 31.2. The summed E-state index contributed by atoms with van der Waals surface area (Å²) < 4.78 is 19.4. The molecule has 1 N–H and O–H groups in total. The molecule has 0 aliphatic heterocycles. The predicted molar refractivity (Wildman–Crippen MR) is 192 cm³/mol. The zero-order valence-corrected chi connectivity index (χ0v) is 31.6. The quantitative estimate of drug-likeness (QED) is 0.0239. The number of carbonyl (C=O) groups is 1. The van der Waals surface area contributed by atoms with E-state index >= 15 is 0 Å². The molecular weight excluding hydrogens is 583 g/mol. The van der Waals surface area contributed by atoms with Gasteiger partial charge in [-0.1, -0.05) is 162 Å². The first-order valence-electron chi connectivity index (χ1n) is 19.5. The van der Waals surface area contributed by atoms with Gasteiger partial charge < -0.3 is 9.63 Å². The van der Waals surface area contributed by atoms with Gasteiger partial charge in [-0.3, -0.25) is 9.36 Å². The van der Waals surface area contributed by atoms with E-state index in [2.05, 4.69) is 20.8 Å². The molecule has 0 aromatic heterocycles. The number of esters is 1. The van der Waals surface area contributed by atoms with Crippen molar-refractivity contribution in [1.82, 2.24) is 0 Å². The van der Waals surface area contributed by atoms with Crippen molar-refractivity contribution < 1.29 is 28.8 Å². The van der Waals surface area contributed by atoms with Crippen LogP contribution in [0.15, 0.2) is 0 Å². The zero-order chi connectivity index (χ0) is 33.4. The second-order valence-electron chi connectivity index (χ2n) is 13.7. The summed E-state index contributed by atoms with van der Waals surface area (Å²) in [6, 6.07) is 0. The van der Waals surface area contributed by atoms with Crippen LogP contribution in [0.5, 0.6) is 0 Å². The van der Waals surface area contributed by atoms with Gasteiger partial charge in [-0.2, -0.15) is 0 Å². The number of methoxy groups -OCH3 is 1. The number of hydrogen-bond donors (Lipinski definition) is 1. The van der Waals surface area contributed by atoms with Gasteiger partial charge in [0, 0.05) is 17.7 Å². The standard InChI is InChI=1S/C38H77O6P/c1-6-9-12-15-17-22-27-32-37(34-35(44-43-5)29-24-14-11-8-3)45(40,41)36(30-25-20-16-13-10-7-2)31-26-21-18-19-23-28-33-38(39)42-4/h35-37H,6-34H2,1-5H3,(H,40,41). The van der Waals surface area contributed by atoms with E-state index in [1.165, 1.54) is 84.2 Å². The molecule has 4 unspecified atom stereocenters. The first kappa shape index (κ1) is 44.6. The molecule has 0 spiro atoms. The average molecular weight is 661 g/mol. The molecule has 0 aromatic carbocycles. The van der Waals surface area contributed by atoms with Crippen molar-refractivity contribution in [2.24, 2.45) is 0 Å². The van der Waals surface area contributed by atoms with Crippen LogP contribution >= 0.6 is 7.37 Å². The second kappa shape index (κ2) is 32.1. The monoisotopic (exact) mass is 661 g/mol. The smallest absolute Gasteiger partial charge is 0.305 e. The summed E-state index contributed by atoms with van der Waals surface area (Å²) in [4.78, 5) is 34.3. The van der Waals surface area contributed by atoms with Crippen LogP contribution in [0.25, 0.3) is 0 Å². The van der Waals surface area contributed by atoms with E-state index < -0.39 is 7.37 Å². The lowest BCUT2D eigenvalue weighted by atomic mass is 10.0. The molecule has 270 valence electrons. The van der Waals surface area contributed by atoms with Crippen molar-refractivity contribution in [2.75, 3.05) is 14.2 Å². The molecule has 0 amide bonds. The minimum absolute atomic E-state index is 0.124. The summed E-state index contributed by atoms with van der Waals surface area (Å²) in [5, 5.41) is 0. The van der Waals surface area contributed by atoms with Gasteiger partial charge in [-0.05, 0) is 38.5 Å². The summed E-state index contributed by atoms with van der Waals surface area (Å²) in [6.45, 7) is 6.71. The molecule has 0 fully saturated rings. The lowest BCUT2D eigenvalue weighted by molar-refractivity contribution is -0.307. The van der Waals surface area contributed by atoms with E-state index in [1.54, 1.807) is 7.11 Å². The third kappa shape index (κ3) is 25.3. The lowest BCUT2D eigenvalue weighted by Gasteiger charge is -2.32. The SMILES string of the molecule is CCCCCCCCCC(CC(CCCCCC)OOC)P(=O)(O)C(CCCCCCCC)CCCCCCCCC(=O)OC. The number of carbonyl (C=O) groups excluding carboxylic acids is 1. The zero-order valence-electron chi connectivity index (χ0n) is 30.7. The molecule has 6 nitrogen and oxygen atoms in total. The normalized spacial score (nSPS) is 15.1. The third-order valence-corrected chi connectivity index (χ3v) is 12.7. The van der Waals surface area contributed by atoms with Gasteiger partial charge in [0.25, 0.3) is 0 Å². The van der Waals surface area contributed by atoms with Gasteiger partial charge in [0.05, 0.1) is 20.3 Å². The second-order valence-corrected chi connectivity index (χ2v) is 16.5. The van der Waals surface area contributed by atoms with Gasteiger partial charge >= 0.3 is 5.97 Å². The fraction of sp³-hybridized carbons (Fsp3) is 0.974. The molecule has 0 radical (unpaired) electrons. The molecule has 0 aromatic rings. The van der Waals surface area contributed by atoms with E-state index in [0.29, 0.717) is 12.8 Å². The van der Waals surface area contributed by atoms with Crippen LogP contribution in [0.3, 0.4) is 0 Å². The van der Waals surface area contributed by atoms with E-state index in [9.17, 15) is 14.3 Å². The van der Waals surface area contributed by atoms with Gasteiger partial charge in [-0.25, -0.2) is 9.78 Å². The van der Waals surface area contributed by atoms with E-state index in [1.807, 2.05) is 0 Å². The van der Waals surface area contributed by atoms with Crippen LogP contribution in [-0.2, 0) is 23.9 Å². The maximum atomic E-state index is 14.6. The van der Waals surface area contributed by atoms with Crippen LogP contribution in [-0.4, -0.2) is 42.5 Å². The van der Waals surface area contributed by atoms with Crippen LogP contribution in [0.4, 0.5) is 0 Å². The third-order valence-electron chi connectivity index (χ3n) is 9.62. The maximum Gasteiger partial charge on any atom is 0.305 e. The predicted octanol–water partition coefficient (Wildman–Crippen LogP) is 12.5. The summed E-state index contributed by atoms with van der Waals surface area (Å²) in [7, 11) is -0.416. The molecule has 45 heavy (non-hydrogen) atoms. The Kier molecular flexibility index (Phi) is 31.8.